The quantitative estimate of drug-likeness (QED) is 0.233. The van der Waals surface area contributed by atoms with E-state index in [2.05, 4.69) is 106 Å². The number of nitrogens with zero attached hydrogens (tertiary/aromatic N) is 3. The summed E-state index contributed by atoms with van der Waals surface area (Å²) in [5.74, 6) is 0. The van der Waals surface area contributed by atoms with Crippen LogP contribution in [-0.2, 0) is 0 Å². The molecule has 8 rings (SSSR count). The van der Waals surface area contributed by atoms with Gasteiger partial charge in [0, 0.05) is 49.9 Å². The summed E-state index contributed by atoms with van der Waals surface area (Å²) in [7, 11) is 0. The molecular formula is C32H19N3S. The Bertz CT molecular complexity index is 2120. The van der Waals surface area contributed by atoms with Crippen molar-refractivity contribution in [3.8, 4) is 16.8 Å². The zero-order valence-corrected chi connectivity index (χ0v) is 20.0. The van der Waals surface area contributed by atoms with Crippen LogP contribution >= 0.6 is 11.3 Å². The minimum Gasteiger partial charge on any atom is -0.309 e. The van der Waals surface area contributed by atoms with Crippen molar-refractivity contribution in [3.63, 3.8) is 0 Å². The number of benzene rings is 4. The Morgan fingerprint density at radius 1 is 0.611 bits per heavy atom. The molecule has 0 fully saturated rings. The molecule has 0 unspecified atom stereocenters. The van der Waals surface area contributed by atoms with Gasteiger partial charge in [-0.25, -0.2) is 0 Å². The van der Waals surface area contributed by atoms with Gasteiger partial charge in [0.1, 0.15) is 0 Å². The van der Waals surface area contributed by atoms with Gasteiger partial charge in [-0.15, -0.1) is 11.3 Å². The first-order chi connectivity index (χ1) is 17.8. The molecule has 0 N–H and O–H groups in total. The van der Waals surface area contributed by atoms with Gasteiger partial charge in [-0.2, -0.15) is 0 Å². The summed E-state index contributed by atoms with van der Waals surface area (Å²) < 4.78 is 3.73. The lowest BCUT2D eigenvalue weighted by atomic mass is 10.0. The minimum atomic E-state index is 0.940. The summed E-state index contributed by atoms with van der Waals surface area (Å²) in [4.78, 5) is 9.41. The van der Waals surface area contributed by atoms with Crippen LogP contribution < -0.4 is 0 Å². The maximum absolute atomic E-state index is 4.84. The molecule has 0 atom stereocenters. The van der Waals surface area contributed by atoms with Crippen LogP contribution in [0.3, 0.4) is 0 Å². The molecule has 0 bridgehead atoms. The molecule has 0 amide bonds. The highest BCUT2D eigenvalue weighted by molar-refractivity contribution is 7.18. The number of aromatic nitrogens is 3. The summed E-state index contributed by atoms with van der Waals surface area (Å²) in [6.07, 6.45) is 3.80. The van der Waals surface area contributed by atoms with Crippen molar-refractivity contribution in [1.29, 1.82) is 0 Å². The van der Waals surface area contributed by atoms with Crippen LogP contribution in [-0.4, -0.2) is 14.5 Å². The average molecular weight is 478 g/mol. The van der Waals surface area contributed by atoms with Gasteiger partial charge in [-0.3, -0.25) is 9.97 Å². The molecule has 8 aromatic rings. The summed E-state index contributed by atoms with van der Waals surface area (Å²) in [5.41, 5.74) is 7.73. The second kappa shape index (κ2) is 7.48. The molecule has 4 aromatic heterocycles. The van der Waals surface area contributed by atoms with Crippen LogP contribution in [0.1, 0.15) is 0 Å². The number of thiophene rings is 1. The standard InChI is InChI=1S/C32H19N3S/c1-2-9-27-26(8-1)29-28(13-12-21-14-16-36-32(21)29)35(27)25-7-3-5-22(18-25)24-17-23-11-10-20-6-4-15-33-30(20)31(23)34-19-24/h1-19H. The second-order valence-corrected chi connectivity index (χ2v) is 10.1. The first kappa shape index (κ1) is 19.7. The highest BCUT2D eigenvalue weighted by Gasteiger charge is 2.15. The van der Waals surface area contributed by atoms with Crippen molar-refractivity contribution >= 4 is 65.0 Å². The largest absolute Gasteiger partial charge is 0.309 e. The van der Waals surface area contributed by atoms with Gasteiger partial charge >= 0.3 is 0 Å². The highest BCUT2D eigenvalue weighted by atomic mass is 32.1. The third-order valence-corrected chi connectivity index (χ3v) is 8.06. The van der Waals surface area contributed by atoms with Crippen molar-refractivity contribution in [1.82, 2.24) is 14.5 Å². The second-order valence-electron chi connectivity index (χ2n) is 9.14. The summed E-state index contributed by atoms with van der Waals surface area (Å²) in [6, 6.07) is 34.7. The van der Waals surface area contributed by atoms with Crippen LogP contribution in [0.5, 0.6) is 0 Å². The van der Waals surface area contributed by atoms with Gasteiger partial charge < -0.3 is 4.57 Å². The Labute approximate surface area is 210 Å². The molecule has 0 saturated heterocycles. The minimum absolute atomic E-state index is 0.940. The van der Waals surface area contributed by atoms with Crippen molar-refractivity contribution in [2.75, 3.05) is 0 Å². The Hall–Kier alpha value is -4.54. The Morgan fingerprint density at radius 3 is 2.50 bits per heavy atom. The van der Waals surface area contributed by atoms with Crippen molar-refractivity contribution in [3.05, 3.63) is 115 Å². The zero-order chi connectivity index (χ0) is 23.6. The molecule has 4 heterocycles. The maximum atomic E-state index is 4.84. The first-order valence-electron chi connectivity index (χ1n) is 12.0. The molecule has 36 heavy (non-hydrogen) atoms. The number of rotatable bonds is 2. The summed E-state index contributed by atoms with van der Waals surface area (Å²) in [5, 5.41) is 8.31. The third-order valence-electron chi connectivity index (χ3n) is 7.12. The van der Waals surface area contributed by atoms with Crippen LogP contribution in [0.2, 0.25) is 0 Å². The molecular weight excluding hydrogens is 458 g/mol. The van der Waals surface area contributed by atoms with Crippen molar-refractivity contribution in [2.24, 2.45) is 0 Å². The van der Waals surface area contributed by atoms with Crippen LogP contribution in [0.15, 0.2) is 115 Å². The van der Waals surface area contributed by atoms with E-state index in [4.69, 9.17) is 4.98 Å². The van der Waals surface area contributed by atoms with E-state index in [0.29, 0.717) is 0 Å². The highest BCUT2D eigenvalue weighted by Crippen LogP contribution is 2.39. The average Bonchev–Trinajstić information content (AvgIpc) is 3.55. The number of hydrogen-bond donors (Lipinski definition) is 0. The Morgan fingerprint density at radius 2 is 1.50 bits per heavy atom. The molecule has 0 spiro atoms. The van der Waals surface area contributed by atoms with E-state index in [0.717, 1.165) is 38.6 Å². The van der Waals surface area contributed by atoms with Crippen LogP contribution in [0, 0.1) is 0 Å². The molecule has 3 nitrogen and oxygen atoms in total. The van der Waals surface area contributed by atoms with Gasteiger partial charge in [0.25, 0.3) is 0 Å². The molecule has 0 aliphatic carbocycles. The monoisotopic (exact) mass is 477 g/mol. The van der Waals surface area contributed by atoms with E-state index in [1.807, 2.05) is 29.8 Å². The zero-order valence-electron chi connectivity index (χ0n) is 19.2. The maximum Gasteiger partial charge on any atom is 0.0964 e. The number of para-hydroxylation sites is 1. The van der Waals surface area contributed by atoms with E-state index in [-0.39, 0.29) is 0 Å². The SMILES string of the molecule is c1cc(-c2cnc3c(ccc4cccnc43)c2)cc(-n2c3ccccc3c3c4sccc4ccc32)c1. The summed E-state index contributed by atoms with van der Waals surface area (Å²) >= 11 is 1.82. The number of fused-ring (bicyclic) bond motifs is 8. The lowest BCUT2D eigenvalue weighted by Gasteiger charge is -2.11. The van der Waals surface area contributed by atoms with Gasteiger partial charge in [-0.05, 0) is 58.8 Å². The van der Waals surface area contributed by atoms with Gasteiger partial charge in [0.05, 0.1) is 22.1 Å². The third kappa shape index (κ3) is 2.79. The summed E-state index contributed by atoms with van der Waals surface area (Å²) in [6.45, 7) is 0. The van der Waals surface area contributed by atoms with E-state index in [9.17, 15) is 0 Å². The van der Waals surface area contributed by atoms with Gasteiger partial charge in [0.15, 0.2) is 0 Å². The van der Waals surface area contributed by atoms with Gasteiger partial charge in [0.2, 0.25) is 0 Å². The molecule has 0 saturated carbocycles. The van der Waals surface area contributed by atoms with Crippen molar-refractivity contribution in [2.45, 2.75) is 0 Å². The lowest BCUT2D eigenvalue weighted by Crippen LogP contribution is -1.94. The Balaban J connectivity index is 1.35. The molecule has 168 valence electrons. The van der Waals surface area contributed by atoms with E-state index in [1.54, 1.807) is 0 Å². The first-order valence-corrected chi connectivity index (χ1v) is 12.9. The lowest BCUT2D eigenvalue weighted by molar-refractivity contribution is 1.18. The molecule has 0 aliphatic rings. The van der Waals surface area contributed by atoms with E-state index < -0.39 is 0 Å². The van der Waals surface area contributed by atoms with E-state index >= 15 is 0 Å². The van der Waals surface area contributed by atoms with Crippen LogP contribution in [0.4, 0.5) is 0 Å². The van der Waals surface area contributed by atoms with Gasteiger partial charge in [-0.1, -0.05) is 54.6 Å². The molecule has 0 radical (unpaired) electrons. The van der Waals surface area contributed by atoms with Crippen LogP contribution in [0.25, 0.3) is 70.5 Å². The fourth-order valence-electron chi connectivity index (χ4n) is 5.48. The Kier molecular flexibility index (Phi) is 4.10. The predicted molar refractivity (Wildman–Crippen MR) is 152 cm³/mol. The number of hydrogen-bond acceptors (Lipinski definition) is 3. The molecule has 0 aliphatic heterocycles. The smallest absolute Gasteiger partial charge is 0.0964 e. The fourth-order valence-corrected chi connectivity index (χ4v) is 6.43. The predicted octanol–water partition coefficient (Wildman–Crippen LogP) is 8.76. The fraction of sp³-hybridized carbons (Fsp3) is 0. The normalized spacial score (nSPS) is 11.9. The number of pyridine rings is 2. The molecule has 4 heteroatoms. The van der Waals surface area contributed by atoms with Crippen molar-refractivity contribution < 1.29 is 0 Å². The molecule has 4 aromatic carbocycles. The van der Waals surface area contributed by atoms with E-state index in [1.165, 1.54) is 31.9 Å². The topological polar surface area (TPSA) is 30.7 Å².